The second kappa shape index (κ2) is 19.0. The van der Waals surface area contributed by atoms with Gasteiger partial charge in [0, 0.05) is 6.07 Å². The van der Waals surface area contributed by atoms with E-state index in [-0.39, 0.29) is 50.0 Å². The van der Waals surface area contributed by atoms with Gasteiger partial charge >= 0.3 is 11.9 Å². The van der Waals surface area contributed by atoms with Gasteiger partial charge in [0.1, 0.15) is 56.1 Å². The van der Waals surface area contributed by atoms with Crippen LogP contribution >= 0.6 is 0 Å². The Bertz CT molecular complexity index is 1410. The van der Waals surface area contributed by atoms with Gasteiger partial charge in [-0.3, -0.25) is 0 Å². The van der Waals surface area contributed by atoms with Gasteiger partial charge in [0.05, 0.1) is 24.4 Å². The molecule has 0 saturated carbocycles. The zero-order valence-electron chi connectivity index (χ0n) is 26.1. The number of carbonyl (C=O) groups is 2. The first-order valence-corrected chi connectivity index (χ1v) is 15.1. The lowest BCUT2D eigenvalue weighted by molar-refractivity contribution is -0.141. The third kappa shape index (κ3) is 11.7. The smallest absolute Gasteiger partial charge is 0.335 e. The molecule has 9 nitrogen and oxygen atoms in total. The van der Waals surface area contributed by atoms with Gasteiger partial charge in [0.25, 0.3) is 0 Å². The van der Waals surface area contributed by atoms with E-state index in [0.29, 0.717) is 17.2 Å². The normalized spacial score (nSPS) is 10.6. The number of aliphatic hydroxyl groups is 2. The predicted octanol–water partition coefficient (Wildman–Crippen LogP) is 5.75. The molecule has 0 saturated heterocycles. The highest BCUT2D eigenvalue weighted by atomic mass is 19.1. The Hall–Kier alpha value is -4.67. The molecule has 0 radical (unpaired) electrons. The third-order valence-electron chi connectivity index (χ3n) is 6.77. The molecule has 3 aromatic rings. The van der Waals surface area contributed by atoms with E-state index in [1.54, 1.807) is 30.3 Å². The Balaban J connectivity index is 1.66. The number of carbonyl (C=O) groups excluding carboxylic acids is 2. The van der Waals surface area contributed by atoms with E-state index in [2.05, 4.69) is 20.1 Å². The summed E-state index contributed by atoms with van der Waals surface area (Å²) in [4.78, 5) is 23.4. The van der Waals surface area contributed by atoms with Crippen molar-refractivity contribution < 1.29 is 47.9 Å². The van der Waals surface area contributed by atoms with Crippen LogP contribution in [0.1, 0.15) is 37.3 Å². The molecule has 0 atom stereocenters. The summed E-state index contributed by atoms with van der Waals surface area (Å²) < 4.78 is 42.1. The fourth-order valence-electron chi connectivity index (χ4n) is 4.19. The molecule has 0 aromatic heterocycles. The van der Waals surface area contributed by atoms with Gasteiger partial charge in [0.2, 0.25) is 0 Å². The Kier molecular flexibility index (Phi) is 14.8. The van der Waals surface area contributed by atoms with Crippen molar-refractivity contribution in [3.05, 3.63) is 102 Å². The zero-order chi connectivity index (χ0) is 33.3. The first kappa shape index (κ1) is 35.8. The van der Waals surface area contributed by atoms with E-state index >= 15 is 0 Å². The van der Waals surface area contributed by atoms with E-state index in [4.69, 9.17) is 33.9 Å². The van der Waals surface area contributed by atoms with E-state index < -0.39 is 25.2 Å². The average Bonchev–Trinajstić information content (AvgIpc) is 3.07. The molecule has 3 aromatic carbocycles. The first-order chi connectivity index (χ1) is 22.2. The maximum atomic E-state index is 14.5. The van der Waals surface area contributed by atoms with Crippen LogP contribution in [-0.2, 0) is 32.1 Å². The van der Waals surface area contributed by atoms with Crippen LogP contribution in [0.15, 0.2) is 85.0 Å². The molecule has 2 N–H and O–H groups in total. The fourth-order valence-corrected chi connectivity index (χ4v) is 4.19. The summed E-state index contributed by atoms with van der Waals surface area (Å²) in [5.41, 5.74) is 2.91. The number of aliphatic hydroxyl groups excluding tert-OH is 2. The molecule has 46 heavy (non-hydrogen) atoms. The number of esters is 2. The summed E-state index contributed by atoms with van der Waals surface area (Å²) in [6.45, 7) is 8.11. The largest absolute Gasteiger partial charge is 0.490 e. The number of halogens is 1. The van der Waals surface area contributed by atoms with Crippen molar-refractivity contribution in [3.63, 3.8) is 0 Å². The van der Waals surface area contributed by atoms with Crippen molar-refractivity contribution in [2.24, 2.45) is 0 Å². The monoisotopic (exact) mass is 636 g/mol. The number of unbranched alkanes of at least 4 members (excludes halogenated alkanes) is 2. The molecular weight excluding hydrogens is 595 g/mol. The number of hydrogen-bond acceptors (Lipinski definition) is 9. The quantitative estimate of drug-likeness (QED) is 0.0908. The molecule has 0 heterocycles. The summed E-state index contributed by atoms with van der Waals surface area (Å²) in [7, 11) is 0. The molecule has 0 unspecified atom stereocenters. The van der Waals surface area contributed by atoms with Crippen LogP contribution < -0.4 is 14.2 Å². The van der Waals surface area contributed by atoms with E-state index in [0.717, 1.165) is 47.9 Å². The van der Waals surface area contributed by atoms with E-state index in [1.165, 1.54) is 6.07 Å². The molecule has 10 heteroatoms. The van der Waals surface area contributed by atoms with E-state index in [9.17, 15) is 14.0 Å². The molecule has 0 aliphatic rings. The van der Waals surface area contributed by atoms with Gasteiger partial charge < -0.3 is 33.9 Å². The zero-order valence-corrected chi connectivity index (χ0v) is 26.1. The Morgan fingerprint density at radius 1 is 0.696 bits per heavy atom. The Labute approximate surface area is 268 Å². The first-order valence-electron chi connectivity index (χ1n) is 15.1. The topological polar surface area (TPSA) is 121 Å². The van der Waals surface area contributed by atoms with Crippen LogP contribution in [0.5, 0.6) is 17.2 Å². The second-order valence-electron chi connectivity index (χ2n) is 10.4. The molecule has 0 aliphatic heterocycles. The average molecular weight is 637 g/mol. The lowest BCUT2D eigenvalue weighted by atomic mass is 10.0. The summed E-state index contributed by atoms with van der Waals surface area (Å²) in [5, 5.41) is 18.0. The standard InChI is InChI=1S/C36H41FO9/c1-4-5-6-7-29-9-8-27(18-34(29)37)24-46-31-12-10-28(11-13-31)30-19-32(42-14-16-44-35(40)25(2)22-38)21-33(20-30)43-15-17-45-36(41)26(3)23-39/h8-13,18-21,38-39H,2-7,14-17,22-24H2,1H3. The maximum absolute atomic E-state index is 14.5. The van der Waals surface area contributed by atoms with Crippen LogP contribution in [-0.4, -0.2) is 61.8 Å². The number of rotatable bonds is 20. The fraction of sp³-hybridized carbons (Fsp3) is 0.333. The summed E-state index contributed by atoms with van der Waals surface area (Å²) >= 11 is 0. The lowest BCUT2D eigenvalue weighted by Crippen LogP contribution is -2.15. The van der Waals surface area contributed by atoms with Gasteiger partial charge in [-0.25, -0.2) is 14.0 Å². The lowest BCUT2D eigenvalue weighted by Gasteiger charge is -2.14. The van der Waals surface area contributed by atoms with Crippen molar-refractivity contribution in [2.45, 2.75) is 39.2 Å². The molecule has 3 rings (SSSR count). The molecule has 0 spiro atoms. The van der Waals surface area contributed by atoms with Crippen LogP contribution in [0.4, 0.5) is 4.39 Å². The molecular formula is C36H41FO9. The summed E-state index contributed by atoms with van der Waals surface area (Å²) in [5.74, 6) is -0.178. The van der Waals surface area contributed by atoms with Gasteiger partial charge in [-0.05, 0) is 65.4 Å². The minimum atomic E-state index is -0.714. The summed E-state index contributed by atoms with van der Waals surface area (Å²) in [6, 6.07) is 17.8. The van der Waals surface area contributed by atoms with Crippen molar-refractivity contribution in [3.8, 4) is 28.4 Å². The van der Waals surface area contributed by atoms with Crippen molar-refractivity contribution in [1.82, 2.24) is 0 Å². The maximum Gasteiger partial charge on any atom is 0.335 e. The minimum Gasteiger partial charge on any atom is -0.490 e. The molecule has 0 amide bonds. The number of ether oxygens (including phenoxy) is 5. The van der Waals surface area contributed by atoms with Gasteiger partial charge in [0.15, 0.2) is 0 Å². The van der Waals surface area contributed by atoms with Crippen molar-refractivity contribution >= 4 is 11.9 Å². The molecule has 0 bridgehead atoms. The highest BCUT2D eigenvalue weighted by Crippen LogP contribution is 2.31. The SMILES string of the molecule is C=C(CO)C(=O)OCCOc1cc(OCCOC(=O)C(=C)CO)cc(-c2ccc(OCc3ccc(CCCCC)c(F)c3)cc2)c1. The number of aryl methyl sites for hydroxylation is 1. The third-order valence-corrected chi connectivity index (χ3v) is 6.77. The van der Waals surface area contributed by atoms with Crippen LogP contribution in [0.3, 0.4) is 0 Å². The minimum absolute atomic E-state index is 0.0291. The Morgan fingerprint density at radius 3 is 1.80 bits per heavy atom. The molecule has 246 valence electrons. The van der Waals surface area contributed by atoms with Gasteiger partial charge in [-0.1, -0.05) is 57.2 Å². The van der Waals surface area contributed by atoms with Crippen molar-refractivity contribution in [2.75, 3.05) is 39.6 Å². The van der Waals surface area contributed by atoms with Crippen molar-refractivity contribution in [1.29, 1.82) is 0 Å². The molecule has 0 fully saturated rings. The Morgan fingerprint density at radius 2 is 1.28 bits per heavy atom. The van der Waals surface area contributed by atoms with Crippen LogP contribution in [0, 0.1) is 5.82 Å². The van der Waals surface area contributed by atoms with Gasteiger partial charge in [-0.15, -0.1) is 0 Å². The number of hydrogen-bond donors (Lipinski definition) is 2. The van der Waals surface area contributed by atoms with Crippen LogP contribution in [0.2, 0.25) is 0 Å². The second-order valence-corrected chi connectivity index (χ2v) is 10.4. The highest BCUT2D eigenvalue weighted by Gasteiger charge is 2.11. The number of benzene rings is 3. The summed E-state index contributed by atoms with van der Waals surface area (Å²) in [6.07, 6.45) is 3.86. The molecule has 0 aliphatic carbocycles. The van der Waals surface area contributed by atoms with Gasteiger partial charge in [-0.2, -0.15) is 0 Å². The highest BCUT2D eigenvalue weighted by molar-refractivity contribution is 5.88. The predicted molar refractivity (Wildman–Crippen MR) is 171 cm³/mol. The van der Waals surface area contributed by atoms with E-state index in [1.807, 2.05) is 24.3 Å². The van der Waals surface area contributed by atoms with Crippen LogP contribution in [0.25, 0.3) is 11.1 Å².